The minimum Gasteiger partial charge on any atom is -0.322 e. The van der Waals surface area contributed by atoms with Gasteiger partial charge in [0.25, 0.3) is 5.91 Å². The van der Waals surface area contributed by atoms with Gasteiger partial charge in [-0.25, -0.2) is 17.5 Å². The topological polar surface area (TPSA) is 75.3 Å². The minimum atomic E-state index is -3.79. The van der Waals surface area contributed by atoms with Gasteiger partial charge < -0.3 is 5.32 Å². The van der Waals surface area contributed by atoms with Crippen molar-refractivity contribution in [2.24, 2.45) is 0 Å². The molecule has 0 aliphatic carbocycles. The monoisotopic (exact) mass is 346 g/mol. The van der Waals surface area contributed by atoms with Gasteiger partial charge in [0.15, 0.2) is 0 Å². The third kappa shape index (κ3) is 3.98. The fourth-order valence-electron chi connectivity index (χ4n) is 2.00. The van der Waals surface area contributed by atoms with Gasteiger partial charge in [0, 0.05) is 17.8 Å². The summed E-state index contributed by atoms with van der Waals surface area (Å²) in [7, 11) is -3.79. The first-order valence-electron chi connectivity index (χ1n) is 7.04. The molecule has 24 heavy (non-hydrogen) atoms. The van der Waals surface area contributed by atoms with E-state index in [0.717, 1.165) is 18.2 Å². The summed E-state index contributed by atoms with van der Waals surface area (Å²) in [6.45, 7) is 1.80. The van der Waals surface area contributed by atoms with Gasteiger partial charge in [-0.1, -0.05) is 18.9 Å². The zero-order valence-corrected chi connectivity index (χ0v) is 13.7. The Kier molecular flexibility index (Phi) is 5.34. The highest BCUT2D eigenvalue weighted by molar-refractivity contribution is 7.89. The molecular weight excluding hydrogens is 331 g/mol. The summed E-state index contributed by atoms with van der Waals surface area (Å²) in [4.78, 5) is 12.1. The van der Waals surface area contributed by atoms with E-state index in [9.17, 15) is 17.6 Å². The molecule has 0 saturated carbocycles. The number of hydrogen-bond acceptors (Lipinski definition) is 3. The number of benzene rings is 2. The van der Waals surface area contributed by atoms with E-state index in [1.54, 1.807) is 31.2 Å². The van der Waals surface area contributed by atoms with Gasteiger partial charge in [-0.3, -0.25) is 4.79 Å². The minimum absolute atomic E-state index is 0.181. The molecule has 0 spiro atoms. The largest absolute Gasteiger partial charge is 0.322 e. The molecule has 2 rings (SSSR count). The Morgan fingerprint density at radius 3 is 2.67 bits per heavy atom. The van der Waals surface area contributed by atoms with Crippen molar-refractivity contribution in [3.05, 3.63) is 59.4 Å². The van der Waals surface area contributed by atoms with Crippen LogP contribution in [0.5, 0.6) is 0 Å². The van der Waals surface area contributed by atoms with E-state index in [4.69, 9.17) is 6.42 Å². The molecule has 0 aromatic heterocycles. The molecule has 0 aliphatic heterocycles. The van der Waals surface area contributed by atoms with Gasteiger partial charge in [-0.05, 0) is 36.4 Å². The van der Waals surface area contributed by atoms with Crippen molar-refractivity contribution in [2.45, 2.75) is 11.8 Å². The molecule has 2 aromatic carbocycles. The average Bonchev–Trinajstić information content (AvgIpc) is 2.55. The lowest BCUT2D eigenvalue weighted by atomic mass is 10.1. The number of nitrogens with one attached hydrogen (secondary N) is 2. The number of anilines is 1. The van der Waals surface area contributed by atoms with Gasteiger partial charge in [-0.15, -0.1) is 6.42 Å². The van der Waals surface area contributed by atoms with Crippen LogP contribution in [0.2, 0.25) is 0 Å². The Bertz CT molecular complexity index is 918. The van der Waals surface area contributed by atoms with Crippen molar-refractivity contribution in [3.8, 4) is 12.3 Å². The fraction of sp³-hybridized carbons (Fsp3) is 0.118. The number of carbonyl (C=O) groups is 1. The molecule has 5 nitrogen and oxygen atoms in total. The zero-order valence-electron chi connectivity index (χ0n) is 12.8. The number of amides is 1. The standard InChI is InChI=1S/C17H15FN2O3S/c1-3-12-6-5-7-13(10-12)20-17(21)15-11-14(8-9-16(15)18)24(22,23)19-4-2/h1,5-11,19H,4H2,2H3,(H,20,21). The van der Waals surface area contributed by atoms with Crippen molar-refractivity contribution >= 4 is 21.6 Å². The predicted molar refractivity (Wildman–Crippen MR) is 89.6 cm³/mol. The smallest absolute Gasteiger partial charge is 0.258 e. The number of hydrogen-bond donors (Lipinski definition) is 2. The number of halogens is 1. The fourth-order valence-corrected chi connectivity index (χ4v) is 3.07. The van der Waals surface area contributed by atoms with Crippen molar-refractivity contribution in [1.82, 2.24) is 4.72 Å². The summed E-state index contributed by atoms with van der Waals surface area (Å²) in [6, 6.07) is 9.51. The van der Waals surface area contributed by atoms with Crippen molar-refractivity contribution in [3.63, 3.8) is 0 Å². The van der Waals surface area contributed by atoms with Gasteiger partial charge in [0.05, 0.1) is 10.5 Å². The van der Waals surface area contributed by atoms with Gasteiger partial charge >= 0.3 is 0 Å². The number of terminal acetylenes is 1. The van der Waals surface area contributed by atoms with Crippen LogP contribution in [0.25, 0.3) is 0 Å². The summed E-state index contributed by atoms with van der Waals surface area (Å²) in [5.41, 5.74) is 0.562. The van der Waals surface area contributed by atoms with Crippen LogP contribution in [-0.2, 0) is 10.0 Å². The van der Waals surface area contributed by atoms with E-state index in [2.05, 4.69) is 16.0 Å². The van der Waals surface area contributed by atoms with Crippen molar-refractivity contribution in [2.75, 3.05) is 11.9 Å². The lowest BCUT2D eigenvalue weighted by Crippen LogP contribution is -2.24. The molecule has 0 radical (unpaired) electrons. The van der Waals surface area contributed by atoms with Crippen LogP contribution in [0.3, 0.4) is 0 Å². The molecule has 0 unspecified atom stereocenters. The van der Waals surface area contributed by atoms with Crippen molar-refractivity contribution < 1.29 is 17.6 Å². The second kappa shape index (κ2) is 7.25. The molecule has 0 fully saturated rings. The lowest BCUT2D eigenvalue weighted by Gasteiger charge is -2.09. The highest BCUT2D eigenvalue weighted by Crippen LogP contribution is 2.17. The second-order valence-electron chi connectivity index (χ2n) is 4.82. The molecule has 2 aromatic rings. The molecule has 124 valence electrons. The van der Waals surface area contributed by atoms with Crippen LogP contribution < -0.4 is 10.0 Å². The predicted octanol–water partition coefficient (Wildman–Crippen LogP) is 2.36. The summed E-state index contributed by atoms with van der Waals surface area (Å²) in [6.07, 6.45) is 5.28. The maximum absolute atomic E-state index is 13.9. The molecule has 0 heterocycles. The molecule has 0 bridgehead atoms. The van der Waals surface area contributed by atoms with E-state index in [0.29, 0.717) is 11.3 Å². The number of rotatable bonds is 5. The van der Waals surface area contributed by atoms with E-state index >= 15 is 0 Å². The number of sulfonamides is 1. The first kappa shape index (κ1) is 17.7. The molecule has 2 N–H and O–H groups in total. The van der Waals surface area contributed by atoms with Gasteiger partial charge in [0.1, 0.15) is 5.82 Å². The van der Waals surface area contributed by atoms with Crippen LogP contribution in [0.1, 0.15) is 22.8 Å². The van der Waals surface area contributed by atoms with Crippen LogP contribution >= 0.6 is 0 Å². The highest BCUT2D eigenvalue weighted by Gasteiger charge is 2.19. The van der Waals surface area contributed by atoms with Gasteiger partial charge in [0.2, 0.25) is 10.0 Å². The first-order chi connectivity index (χ1) is 11.4. The lowest BCUT2D eigenvalue weighted by molar-refractivity contribution is 0.102. The Balaban J connectivity index is 2.34. The quantitative estimate of drug-likeness (QED) is 0.816. The third-order valence-corrected chi connectivity index (χ3v) is 4.66. The third-order valence-electron chi connectivity index (χ3n) is 3.11. The Morgan fingerprint density at radius 1 is 1.25 bits per heavy atom. The normalized spacial score (nSPS) is 10.9. The van der Waals surface area contributed by atoms with E-state index < -0.39 is 21.7 Å². The Labute approximate surface area is 139 Å². The molecule has 7 heteroatoms. The summed E-state index contributed by atoms with van der Waals surface area (Å²) in [5.74, 6) is 0.830. The molecular formula is C17H15FN2O3S. The Hall–Kier alpha value is -2.69. The van der Waals surface area contributed by atoms with Crippen LogP contribution in [0.15, 0.2) is 47.4 Å². The second-order valence-corrected chi connectivity index (χ2v) is 6.59. The van der Waals surface area contributed by atoms with Crippen molar-refractivity contribution in [1.29, 1.82) is 0 Å². The maximum Gasteiger partial charge on any atom is 0.258 e. The van der Waals surface area contributed by atoms with Crippen LogP contribution in [-0.4, -0.2) is 20.9 Å². The SMILES string of the molecule is C#Cc1cccc(NC(=O)c2cc(S(=O)(=O)NCC)ccc2F)c1. The van der Waals surface area contributed by atoms with Gasteiger partial charge in [-0.2, -0.15) is 0 Å². The molecule has 0 aliphatic rings. The molecule has 0 saturated heterocycles. The average molecular weight is 346 g/mol. The maximum atomic E-state index is 13.9. The van der Waals surface area contributed by atoms with Crippen LogP contribution in [0, 0.1) is 18.2 Å². The summed E-state index contributed by atoms with van der Waals surface area (Å²) in [5, 5.41) is 2.49. The summed E-state index contributed by atoms with van der Waals surface area (Å²) >= 11 is 0. The van der Waals surface area contributed by atoms with Crippen LogP contribution in [0.4, 0.5) is 10.1 Å². The zero-order chi connectivity index (χ0) is 17.7. The molecule has 0 atom stereocenters. The highest BCUT2D eigenvalue weighted by atomic mass is 32.2. The van der Waals surface area contributed by atoms with E-state index in [1.807, 2.05) is 0 Å². The van der Waals surface area contributed by atoms with E-state index in [-0.39, 0.29) is 17.0 Å². The Morgan fingerprint density at radius 2 is 2.00 bits per heavy atom. The summed E-state index contributed by atoms with van der Waals surface area (Å²) < 4.78 is 40.2. The first-order valence-corrected chi connectivity index (χ1v) is 8.53. The number of carbonyl (C=O) groups excluding carboxylic acids is 1. The van der Waals surface area contributed by atoms with E-state index in [1.165, 1.54) is 0 Å². The molecule has 1 amide bonds.